The number of benzene rings is 2. The number of anilines is 1. The van der Waals surface area contributed by atoms with Crippen molar-refractivity contribution in [1.82, 2.24) is 10.6 Å². The highest BCUT2D eigenvalue weighted by Gasteiger charge is 2.30. The van der Waals surface area contributed by atoms with E-state index < -0.39 is 21.8 Å². The molecule has 6 nitrogen and oxygen atoms in total. The van der Waals surface area contributed by atoms with Gasteiger partial charge in [-0.2, -0.15) is 13.2 Å². The van der Waals surface area contributed by atoms with Crippen LogP contribution in [0.4, 0.5) is 18.9 Å². The molecule has 0 aliphatic rings. The maximum absolute atomic E-state index is 12.8. The lowest BCUT2D eigenvalue weighted by molar-refractivity contribution is -0.137. The summed E-state index contributed by atoms with van der Waals surface area (Å²) >= 11 is 0. The van der Waals surface area contributed by atoms with Crippen LogP contribution in [0.3, 0.4) is 0 Å². The molecule has 0 atom stereocenters. The zero-order valence-electron chi connectivity index (χ0n) is 16.0. The van der Waals surface area contributed by atoms with Gasteiger partial charge in [0.1, 0.15) is 0 Å². The van der Waals surface area contributed by atoms with Crippen molar-refractivity contribution in [3.63, 3.8) is 0 Å². The number of guanidine groups is 1. The Hall–Kier alpha value is -2.75. The van der Waals surface area contributed by atoms with Crippen molar-refractivity contribution in [2.45, 2.75) is 26.2 Å². The monoisotopic (exact) mass is 428 g/mol. The number of hydrogen-bond acceptors (Lipinski definition) is 3. The molecule has 0 fully saturated rings. The molecule has 0 unspecified atom stereocenters. The molecule has 158 valence electrons. The Balaban J connectivity index is 2.11. The van der Waals surface area contributed by atoms with Crippen LogP contribution in [0.15, 0.2) is 53.5 Å². The predicted octanol–water partition coefficient (Wildman–Crippen LogP) is 3.33. The van der Waals surface area contributed by atoms with Crippen LogP contribution in [0.1, 0.15) is 23.6 Å². The Morgan fingerprint density at radius 3 is 2.45 bits per heavy atom. The second-order valence-electron chi connectivity index (χ2n) is 6.28. The van der Waals surface area contributed by atoms with Gasteiger partial charge >= 0.3 is 6.18 Å². The number of nitrogens with one attached hydrogen (secondary N) is 3. The molecule has 2 rings (SSSR count). The first kappa shape index (κ1) is 22.5. The van der Waals surface area contributed by atoms with Crippen LogP contribution in [-0.2, 0) is 29.3 Å². The summed E-state index contributed by atoms with van der Waals surface area (Å²) in [5.74, 6) is 0.402. The molecule has 0 aromatic heterocycles. The van der Waals surface area contributed by atoms with Gasteiger partial charge in [-0.3, -0.25) is 4.72 Å². The smallest absolute Gasteiger partial charge is 0.357 e. The van der Waals surface area contributed by atoms with E-state index in [-0.39, 0.29) is 13.1 Å². The molecule has 3 N–H and O–H groups in total. The quantitative estimate of drug-likeness (QED) is 0.467. The summed E-state index contributed by atoms with van der Waals surface area (Å²) in [7, 11) is -3.43. The molecule has 2 aromatic carbocycles. The van der Waals surface area contributed by atoms with Gasteiger partial charge in [-0.15, -0.1) is 0 Å². The maximum atomic E-state index is 12.8. The summed E-state index contributed by atoms with van der Waals surface area (Å²) in [6.45, 7) is 2.74. The average molecular weight is 428 g/mol. The Morgan fingerprint density at radius 1 is 1.07 bits per heavy atom. The highest BCUT2D eigenvalue weighted by Crippen LogP contribution is 2.29. The molecule has 2 aromatic rings. The summed E-state index contributed by atoms with van der Waals surface area (Å²) in [5.41, 5.74) is 0.846. The number of sulfonamides is 1. The third-order valence-electron chi connectivity index (χ3n) is 3.78. The highest BCUT2D eigenvalue weighted by atomic mass is 32.2. The fourth-order valence-corrected chi connectivity index (χ4v) is 3.11. The van der Waals surface area contributed by atoms with E-state index in [0.717, 1.165) is 18.4 Å². The molecule has 0 saturated carbocycles. The van der Waals surface area contributed by atoms with Crippen molar-refractivity contribution in [3.05, 3.63) is 65.2 Å². The van der Waals surface area contributed by atoms with E-state index in [2.05, 4.69) is 20.3 Å². The van der Waals surface area contributed by atoms with Gasteiger partial charge in [0.2, 0.25) is 10.0 Å². The molecule has 0 heterocycles. The van der Waals surface area contributed by atoms with Crippen molar-refractivity contribution < 1.29 is 21.6 Å². The Morgan fingerprint density at radius 2 is 1.79 bits per heavy atom. The number of nitrogens with zero attached hydrogens (tertiary/aromatic N) is 1. The van der Waals surface area contributed by atoms with Gasteiger partial charge in [-0.25, -0.2) is 13.4 Å². The van der Waals surface area contributed by atoms with Crippen LogP contribution < -0.4 is 15.4 Å². The number of aliphatic imine (C=N–C) groups is 1. The van der Waals surface area contributed by atoms with Crippen molar-refractivity contribution in [3.8, 4) is 0 Å². The summed E-state index contributed by atoms with van der Waals surface area (Å²) in [5, 5.41) is 6.07. The topological polar surface area (TPSA) is 82.6 Å². The summed E-state index contributed by atoms with van der Waals surface area (Å²) < 4.78 is 64.0. The van der Waals surface area contributed by atoms with Crippen LogP contribution in [0.5, 0.6) is 0 Å². The molecular formula is C19H23F3N4O2S. The lowest BCUT2D eigenvalue weighted by Gasteiger charge is -2.14. The van der Waals surface area contributed by atoms with Gasteiger partial charge in [0.25, 0.3) is 0 Å². The third kappa shape index (κ3) is 7.65. The number of para-hydroxylation sites is 1. The highest BCUT2D eigenvalue weighted by molar-refractivity contribution is 7.92. The zero-order valence-corrected chi connectivity index (χ0v) is 16.9. The van der Waals surface area contributed by atoms with E-state index in [1.54, 1.807) is 30.3 Å². The van der Waals surface area contributed by atoms with E-state index >= 15 is 0 Å². The maximum Gasteiger partial charge on any atom is 0.416 e. The van der Waals surface area contributed by atoms with Gasteiger partial charge < -0.3 is 10.6 Å². The predicted molar refractivity (Wildman–Crippen MR) is 108 cm³/mol. The molecule has 0 aliphatic heterocycles. The lowest BCUT2D eigenvalue weighted by atomic mass is 10.1. The fraction of sp³-hybridized carbons (Fsp3) is 0.316. The van der Waals surface area contributed by atoms with E-state index in [9.17, 15) is 21.6 Å². The van der Waals surface area contributed by atoms with E-state index in [1.807, 2.05) is 6.92 Å². The molecule has 29 heavy (non-hydrogen) atoms. The van der Waals surface area contributed by atoms with Crippen molar-refractivity contribution in [1.29, 1.82) is 0 Å². The zero-order chi connectivity index (χ0) is 21.5. The minimum Gasteiger partial charge on any atom is -0.357 e. The molecule has 0 radical (unpaired) electrons. The van der Waals surface area contributed by atoms with Crippen LogP contribution >= 0.6 is 0 Å². The first-order valence-corrected chi connectivity index (χ1v) is 10.7. The number of hydrogen-bond donors (Lipinski definition) is 3. The summed E-state index contributed by atoms with van der Waals surface area (Å²) in [6, 6.07) is 11.9. The Kier molecular flexibility index (Phi) is 7.49. The van der Waals surface area contributed by atoms with Crippen molar-refractivity contribution >= 4 is 21.7 Å². The first-order valence-electron chi connectivity index (χ1n) is 8.82. The second kappa shape index (κ2) is 9.64. The number of alkyl halides is 3. The van der Waals surface area contributed by atoms with Gasteiger partial charge in [-0.05, 0) is 36.2 Å². The summed E-state index contributed by atoms with van der Waals surface area (Å²) in [6.07, 6.45) is -3.34. The van der Waals surface area contributed by atoms with Crippen LogP contribution in [0.2, 0.25) is 0 Å². The number of rotatable bonds is 7. The number of halogens is 3. The lowest BCUT2D eigenvalue weighted by Crippen LogP contribution is -2.37. The summed E-state index contributed by atoms with van der Waals surface area (Å²) in [4.78, 5) is 4.31. The molecule has 0 bridgehead atoms. The SMILES string of the molecule is CCNC(=NCc1cccc(C(F)(F)F)c1)NCc1ccccc1NS(C)(=O)=O. The minimum absolute atomic E-state index is 0.0580. The van der Waals surface area contributed by atoms with Crippen molar-refractivity contribution in [2.75, 3.05) is 17.5 Å². The van der Waals surface area contributed by atoms with Crippen LogP contribution in [0, 0.1) is 0 Å². The first-order chi connectivity index (χ1) is 13.6. The normalized spacial score (nSPS) is 12.5. The third-order valence-corrected chi connectivity index (χ3v) is 4.37. The largest absolute Gasteiger partial charge is 0.416 e. The molecule has 0 saturated heterocycles. The Labute approximate surface area is 168 Å². The van der Waals surface area contributed by atoms with Gasteiger partial charge in [-0.1, -0.05) is 30.3 Å². The standard InChI is InChI=1S/C19H23F3N4O2S/c1-3-23-18(24-12-14-7-6-9-16(11-14)19(20,21)22)25-13-15-8-4-5-10-17(15)26-29(2,27)28/h4-11,26H,3,12-13H2,1-2H3,(H2,23,24,25). The van der Waals surface area contributed by atoms with Crippen molar-refractivity contribution in [2.24, 2.45) is 4.99 Å². The fourth-order valence-electron chi connectivity index (χ4n) is 2.51. The minimum atomic E-state index is -4.40. The van der Waals surface area contributed by atoms with Gasteiger partial charge in [0.05, 0.1) is 24.1 Å². The van der Waals surface area contributed by atoms with E-state index in [4.69, 9.17) is 0 Å². The molecule has 0 spiro atoms. The molecular weight excluding hydrogens is 405 g/mol. The van der Waals surface area contributed by atoms with Gasteiger partial charge in [0.15, 0.2) is 5.96 Å². The molecule has 0 amide bonds. The second-order valence-corrected chi connectivity index (χ2v) is 8.03. The van der Waals surface area contributed by atoms with Crippen LogP contribution in [-0.4, -0.2) is 27.2 Å². The van der Waals surface area contributed by atoms with E-state index in [1.165, 1.54) is 6.07 Å². The van der Waals surface area contributed by atoms with E-state index in [0.29, 0.717) is 29.3 Å². The van der Waals surface area contributed by atoms with Crippen LogP contribution in [0.25, 0.3) is 0 Å². The molecule has 10 heteroatoms. The Bertz CT molecular complexity index is 960. The molecule has 0 aliphatic carbocycles. The average Bonchev–Trinajstić information content (AvgIpc) is 2.63. The van der Waals surface area contributed by atoms with Gasteiger partial charge in [0, 0.05) is 13.1 Å².